The molecule has 1 N–H and O–H groups in total. The van der Waals surface area contributed by atoms with Crippen LogP contribution >= 0.6 is 11.8 Å². The third-order valence-corrected chi connectivity index (χ3v) is 4.28. The molecule has 128 valence electrons. The van der Waals surface area contributed by atoms with E-state index in [1.165, 1.54) is 11.8 Å². The van der Waals surface area contributed by atoms with Gasteiger partial charge in [-0.2, -0.15) is 0 Å². The molecule has 0 atom stereocenters. The summed E-state index contributed by atoms with van der Waals surface area (Å²) in [5.41, 5.74) is 1.86. The third kappa shape index (κ3) is 4.71. The van der Waals surface area contributed by atoms with Crippen molar-refractivity contribution in [2.75, 3.05) is 30.7 Å². The van der Waals surface area contributed by atoms with E-state index in [-0.39, 0.29) is 5.91 Å². The average Bonchev–Trinajstić information content (AvgIpc) is 2.57. The van der Waals surface area contributed by atoms with Crippen molar-refractivity contribution in [2.45, 2.75) is 25.9 Å². The molecule has 0 fully saturated rings. The van der Waals surface area contributed by atoms with Crippen molar-refractivity contribution in [3.8, 4) is 0 Å². The second-order valence-electron chi connectivity index (χ2n) is 5.56. The number of benzene rings is 1. The summed E-state index contributed by atoms with van der Waals surface area (Å²) in [4.78, 5) is 23.3. The van der Waals surface area contributed by atoms with Crippen LogP contribution in [0.2, 0.25) is 0 Å². The molecule has 0 saturated heterocycles. The summed E-state index contributed by atoms with van der Waals surface area (Å²) in [6, 6.07) is 7.89. The van der Waals surface area contributed by atoms with E-state index < -0.39 is 0 Å². The maximum absolute atomic E-state index is 12.4. The fourth-order valence-electron chi connectivity index (χ4n) is 2.34. The van der Waals surface area contributed by atoms with E-state index >= 15 is 0 Å². The van der Waals surface area contributed by atoms with Crippen LogP contribution in [0.25, 0.3) is 10.9 Å². The highest BCUT2D eigenvalue weighted by Crippen LogP contribution is 2.24. The Morgan fingerprint density at radius 2 is 2.04 bits per heavy atom. The Labute approximate surface area is 147 Å². The molecule has 0 unspecified atom stereocenters. The minimum atomic E-state index is 0.0762. The molecular formula is C18H24N4OS. The van der Waals surface area contributed by atoms with Crippen molar-refractivity contribution in [3.05, 3.63) is 36.4 Å². The Hall–Kier alpha value is -2.08. The number of anilines is 1. The van der Waals surface area contributed by atoms with Gasteiger partial charge in [0.1, 0.15) is 5.82 Å². The van der Waals surface area contributed by atoms with Gasteiger partial charge in [0.05, 0.1) is 11.3 Å². The molecule has 1 amide bonds. The summed E-state index contributed by atoms with van der Waals surface area (Å²) in [5, 5.41) is 4.88. The first-order valence-corrected chi connectivity index (χ1v) is 9.09. The van der Waals surface area contributed by atoms with E-state index in [1.807, 2.05) is 45.0 Å². The predicted molar refractivity (Wildman–Crippen MR) is 101 cm³/mol. The molecule has 0 aliphatic carbocycles. The number of hydrogen-bond donors (Lipinski definition) is 1. The molecule has 1 aromatic heterocycles. The van der Waals surface area contributed by atoms with Crippen LogP contribution in [0.3, 0.4) is 0 Å². The maximum Gasteiger partial charge on any atom is 0.233 e. The summed E-state index contributed by atoms with van der Waals surface area (Å²) in [7, 11) is 0. The van der Waals surface area contributed by atoms with Gasteiger partial charge < -0.3 is 10.2 Å². The molecule has 0 bridgehead atoms. The van der Waals surface area contributed by atoms with E-state index in [9.17, 15) is 4.79 Å². The van der Waals surface area contributed by atoms with Gasteiger partial charge in [-0.25, -0.2) is 9.97 Å². The number of thioether (sulfide) groups is 1. The number of fused-ring (bicyclic) bond motifs is 1. The van der Waals surface area contributed by atoms with Crippen molar-refractivity contribution in [3.63, 3.8) is 0 Å². The smallest absolute Gasteiger partial charge is 0.233 e. The van der Waals surface area contributed by atoms with E-state index in [2.05, 4.69) is 21.9 Å². The fraction of sp³-hybridized carbons (Fsp3) is 0.389. The number of nitrogens with one attached hydrogen (secondary N) is 1. The summed E-state index contributed by atoms with van der Waals surface area (Å²) >= 11 is 1.37. The van der Waals surface area contributed by atoms with E-state index in [0.717, 1.165) is 28.8 Å². The quantitative estimate of drug-likeness (QED) is 0.451. The first-order chi connectivity index (χ1) is 11.5. The van der Waals surface area contributed by atoms with Crippen LogP contribution in [-0.4, -0.2) is 46.2 Å². The Bertz CT molecular complexity index is 732. The normalized spacial score (nSPS) is 10.6. The molecule has 0 radical (unpaired) electrons. The number of para-hydroxylation sites is 1. The minimum absolute atomic E-state index is 0.0762. The topological polar surface area (TPSA) is 58.1 Å². The van der Waals surface area contributed by atoms with Gasteiger partial charge in [-0.05, 0) is 32.9 Å². The van der Waals surface area contributed by atoms with Gasteiger partial charge in [-0.1, -0.05) is 36.0 Å². The highest BCUT2D eigenvalue weighted by atomic mass is 32.2. The number of amides is 1. The predicted octanol–water partition coefficient (Wildman–Crippen LogP) is 3.58. The summed E-state index contributed by atoms with van der Waals surface area (Å²) in [5.74, 6) is 1.21. The number of nitrogens with zero attached hydrogens (tertiary/aromatic N) is 3. The van der Waals surface area contributed by atoms with E-state index in [4.69, 9.17) is 0 Å². The zero-order valence-corrected chi connectivity index (χ0v) is 15.3. The lowest BCUT2D eigenvalue weighted by Gasteiger charge is -2.20. The van der Waals surface area contributed by atoms with Gasteiger partial charge in [0.15, 0.2) is 5.16 Å². The zero-order chi connectivity index (χ0) is 17.5. The minimum Gasteiger partial charge on any atom is -0.370 e. The molecule has 0 saturated carbocycles. The van der Waals surface area contributed by atoms with Crippen molar-refractivity contribution in [1.82, 2.24) is 14.9 Å². The Balaban J connectivity index is 2.14. The number of carbonyl (C=O) groups is 1. The Kier molecular flexibility index (Phi) is 6.61. The van der Waals surface area contributed by atoms with Crippen molar-refractivity contribution >= 4 is 34.4 Å². The van der Waals surface area contributed by atoms with Gasteiger partial charge in [-0.3, -0.25) is 4.79 Å². The maximum atomic E-state index is 12.4. The molecular weight excluding hydrogens is 320 g/mol. The number of aromatic nitrogens is 2. The average molecular weight is 344 g/mol. The number of hydrogen-bond acceptors (Lipinski definition) is 5. The standard InChI is InChI=1S/C18H24N4OS/c1-5-19-17-14-9-7-8-10-15(14)20-18(21-17)24-12-16(23)22(6-2)11-13(3)4/h7-10H,3,5-6,11-12H2,1-2,4H3,(H,19,20,21). The number of carbonyl (C=O) groups excluding carboxylic acids is 1. The molecule has 1 heterocycles. The highest BCUT2D eigenvalue weighted by Gasteiger charge is 2.14. The van der Waals surface area contributed by atoms with Gasteiger partial charge >= 0.3 is 0 Å². The lowest BCUT2D eigenvalue weighted by molar-refractivity contribution is -0.127. The number of rotatable bonds is 8. The van der Waals surface area contributed by atoms with Crippen LogP contribution in [0.4, 0.5) is 5.82 Å². The second-order valence-corrected chi connectivity index (χ2v) is 6.50. The molecule has 5 nitrogen and oxygen atoms in total. The van der Waals surface area contributed by atoms with E-state index in [1.54, 1.807) is 4.90 Å². The van der Waals surface area contributed by atoms with Crippen LogP contribution in [0.15, 0.2) is 41.6 Å². The third-order valence-electron chi connectivity index (χ3n) is 3.45. The molecule has 6 heteroatoms. The van der Waals surface area contributed by atoms with E-state index in [0.29, 0.717) is 24.0 Å². The fourth-order valence-corrected chi connectivity index (χ4v) is 3.10. The van der Waals surface area contributed by atoms with Crippen molar-refractivity contribution < 1.29 is 4.79 Å². The zero-order valence-electron chi connectivity index (χ0n) is 14.5. The van der Waals surface area contributed by atoms with Crippen molar-refractivity contribution in [2.24, 2.45) is 0 Å². The Morgan fingerprint density at radius 3 is 2.71 bits per heavy atom. The monoisotopic (exact) mass is 344 g/mol. The Morgan fingerprint density at radius 1 is 1.29 bits per heavy atom. The van der Waals surface area contributed by atoms with Gasteiger partial charge in [0.25, 0.3) is 0 Å². The number of likely N-dealkylation sites (N-methyl/N-ethyl adjacent to an activating group) is 1. The van der Waals surface area contributed by atoms with Crippen molar-refractivity contribution in [1.29, 1.82) is 0 Å². The molecule has 2 rings (SSSR count). The van der Waals surface area contributed by atoms with Gasteiger partial charge in [0.2, 0.25) is 5.91 Å². The van der Waals surface area contributed by atoms with Crippen LogP contribution < -0.4 is 5.32 Å². The largest absolute Gasteiger partial charge is 0.370 e. The molecule has 0 aliphatic rings. The summed E-state index contributed by atoms with van der Waals surface area (Å²) < 4.78 is 0. The second kappa shape index (κ2) is 8.68. The SMILES string of the molecule is C=C(C)CN(CC)C(=O)CSc1nc(NCC)c2ccccc2n1. The van der Waals surface area contributed by atoms with Gasteiger partial charge in [0, 0.05) is 25.0 Å². The summed E-state index contributed by atoms with van der Waals surface area (Å²) in [6.45, 7) is 11.9. The van der Waals surface area contributed by atoms with Crippen LogP contribution in [0.1, 0.15) is 20.8 Å². The van der Waals surface area contributed by atoms with Crippen LogP contribution in [0.5, 0.6) is 0 Å². The first kappa shape index (κ1) is 18.3. The molecule has 2 aromatic rings. The van der Waals surface area contributed by atoms with Crippen LogP contribution in [-0.2, 0) is 4.79 Å². The molecule has 0 aliphatic heterocycles. The first-order valence-electron chi connectivity index (χ1n) is 8.10. The lowest BCUT2D eigenvalue weighted by atomic mass is 10.2. The summed E-state index contributed by atoms with van der Waals surface area (Å²) in [6.07, 6.45) is 0. The molecule has 0 spiro atoms. The lowest BCUT2D eigenvalue weighted by Crippen LogP contribution is -2.33. The van der Waals surface area contributed by atoms with Gasteiger partial charge in [-0.15, -0.1) is 0 Å². The molecule has 1 aromatic carbocycles. The van der Waals surface area contributed by atoms with Crippen LogP contribution in [0, 0.1) is 0 Å². The highest BCUT2D eigenvalue weighted by molar-refractivity contribution is 7.99. The molecule has 24 heavy (non-hydrogen) atoms.